The maximum absolute atomic E-state index is 5.25. The highest BCUT2D eigenvalue weighted by atomic mass is 16.5. The zero-order chi connectivity index (χ0) is 13.6. The molecule has 0 aromatic carbocycles. The van der Waals surface area contributed by atoms with Gasteiger partial charge in [0.2, 0.25) is 0 Å². The summed E-state index contributed by atoms with van der Waals surface area (Å²) in [4.78, 5) is 4.63. The van der Waals surface area contributed by atoms with Crippen molar-refractivity contribution in [1.82, 2.24) is 15.2 Å². The highest BCUT2D eigenvalue weighted by Crippen LogP contribution is 2.26. The summed E-state index contributed by atoms with van der Waals surface area (Å²) in [6, 6.07) is 4.08. The van der Waals surface area contributed by atoms with Gasteiger partial charge in [0.15, 0.2) is 5.96 Å². The first-order chi connectivity index (χ1) is 9.22. The molecule has 0 unspecified atom stereocenters. The van der Waals surface area contributed by atoms with Crippen LogP contribution in [0.2, 0.25) is 0 Å². The minimum atomic E-state index is 0.225. The van der Waals surface area contributed by atoms with Crippen LogP contribution in [-0.4, -0.2) is 43.4 Å². The van der Waals surface area contributed by atoms with Crippen molar-refractivity contribution in [3.8, 4) is 0 Å². The second-order valence-electron chi connectivity index (χ2n) is 5.35. The van der Waals surface area contributed by atoms with E-state index in [2.05, 4.69) is 46.4 Å². The van der Waals surface area contributed by atoms with Gasteiger partial charge in [0.25, 0.3) is 0 Å². The van der Waals surface area contributed by atoms with Crippen LogP contribution in [0.25, 0.3) is 0 Å². The number of hydrogen-bond acceptors (Lipinski definition) is 2. The largest absolute Gasteiger partial charge is 0.380 e. The molecule has 0 amide bonds. The Kier molecular flexibility index (Phi) is 4.85. The standard InChI is InChI=1S/C14H24N4O/c1-3-15-13(17-10-14(2)11-19-12-14)16-6-9-18-7-4-5-8-18/h4-5,7-8H,3,6,9-12H2,1-2H3,(H2,15,16,17). The van der Waals surface area contributed by atoms with Crippen LogP contribution in [0.15, 0.2) is 29.5 Å². The summed E-state index contributed by atoms with van der Waals surface area (Å²) in [6.45, 7) is 9.43. The summed E-state index contributed by atoms with van der Waals surface area (Å²) in [5.74, 6) is 0.891. The lowest BCUT2D eigenvalue weighted by atomic mass is 9.89. The topological polar surface area (TPSA) is 50.6 Å². The number of aliphatic imine (C=N–C) groups is 1. The molecule has 1 aliphatic rings. The maximum atomic E-state index is 5.25. The predicted octanol–water partition coefficient (Wildman–Crippen LogP) is 1.08. The Morgan fingerprint density at radius 3 is 2.63 bits per heavy atom. The third-order valence-electron chi connectivity index (χ3n) is 3.19. The summed E-state index contributed by atoms with van der Waals surface area (Å²) in [5.41, 5.74) is 0.225. The van der Waals surface area contributed by atoms with Crippen molar-refractivity contribution in [3.63, 3.8) is 0 Å². The fourth-order valence-corrected chi connectivity index (χ4v) is 1.98. The van der Waals surface area contributed by atoms with E-state index in [0.29, 0.717) is 0 Å². The number of guanidine groups is 1. The number of rotatable bonds is 6. The molecule has 0 aliphatic carbocycles. The molecule has 5 heteroatoms. The highest BCUT2D eigenvalue weighted by molar-refractivity contribution is 5.79. The molecule has 0 spiro atoms. The van der Waals surface area contributed by atoms with Gasteiger partial charge in [-0.1, -0.05) is 6.92 Å². The molecule has 1 fully saturated rings. The van der Waals surface area contributed by atoms with E-state index in [1.165, 1.54) is 0 Å². The van der Waals surface area contributed by atoms with E-state index >= 15 is 0 Å². The monoisotopic (exact) mass is 264 g/mol. The number of ether oxygens (including phenoxy) is 1. The van der Waals surface area contributed by atoms with E-state index < -0.39 is 0 Å². The van der Waals surface area contributed by atoms with Crippen molar-refractivity contribution < 1.29 is 4.74 Å². The van der Waals surface area contributed by atoms with Crippen LogP contribution in [0.3, 0.4) is 0 Å². The van der Waals surface area contributed by atoms with E-state index in [1.54, 1.807) is 0 Å². The number of hydrogen-bond donors (Lipinski definition) is 2. The van der Waals surface area contributed by atoms with Gasteiger partial charge < -0.3 is 19.9 Å². The average molecular weight is 264 g/mol. The molecule has 2 heterocycles. The molecule has 5 nitrogen and oxygen atoms in total. The molecular weight excluding hydrogens is 240 g/mol. The van der Waals surface area contributed by atoms with Crippen LogP contribution in [-0.2, 0) is 11.3 Å². The van der Waals surface area contributed by atoms with Crippen LogP contribution in [0, 0.1) is 5.41 Å². The van der Waals surface area contributed by atoms with Gasteiger partial charge in [-0.25, -0.2) is 0 Å². The van der Waals surface area contributed by atoms with Crippen LogP contribution in [0.5, 0.6) is 0 Å². The Morgan fingerprint density at radius 2 is 2.05 bits per heavy atom. The normalized spacial score (nSPS) is 17.9. The third-order valence-corrected chi connectivity index (χ3v) is 3.19. The summed E-state index contributed by atoms with van der Waals surface area (Å²) < 4.78 is 7.40. The van der Waals surface area contributed by atoms with Crippen molar-refractivity contribution in [3.05, 3.63) is 24.5 Å². The average Bonchev–Trinajstić information content (AvgIpc) is 2.87. The van der Waals surface area contributed by atoms with E-state index in [0.717, 1.165) is 45.4 Å². The fraction of sp³-hybridized carbons (Fsp3) is 0.643. The van der Waals surface area contributed by atoms with Gasteiger partial charge in [0.1, 0.15) is 0 Å². The highest BCUT2D eigenvalue weighted by Gasteiger charge is 2.33. The molecule has 19 heavy (non-hydrogen) atoms. The van der Waals surface area contributed by atoms with Gasteiger partial charge >= 0.3 is 0 Å². The van der Waals surface area contributed by atoms with Crippen LogP contribution in [0.1, 0.15) is 13.8 Å². The van der Waals surface area contributed by atoms with E-state index in [4.69, 9.17) is 4.74 Å². The van der Waals surface area contributed by atoms with Crippen molar-refractivity contribution in [2.24, 2.45) is 10.4 Å². The van der Waals surface area contributed by atoms with Crippen LogP contribution >= 0.6 is 0 Å². The first-order valence-electron chi connectivity index (χ1n) is 6.92. The minimum absolute atomic E-state index is 0.225. The SMILES string of the molecule is CCNC(=NCC1(C)COC1)NCCn1cccc1. The van der Waals surface area contributed by atoms with Crippen LogP contribution < -0.4 is 10.6 Å². The second-order valence-corrected chi connectivity index (χ2v) is 5.35. The molecule has 0 radical (unpaired) electrons. The van der Waals surface area contributed by atoms with Gasteiger partial charge in [0, 0.05) is 37.4 Å². The summed E-state index contributed by atoms with van der Waals surface area (Å²) in [7, 11) is 0. The predicted molar refractivity (Wildman–Crippen MR) is 77.3 cm³/mol. The van der Waals surface area contributed by atoms with Gasteiger partial charge in [0.05, 0.1) is 19.8 Å². The van der Waals surface area contributed by atoms with Crippen molar-refractivity contribution >= 4 is 5.96 Å². The van der Waals surface area contributed by atoms with Gasteiger partial charge in [-0.3, -0.25) is 4.99 Å². The summed E-state index contributed by atoms with van der Waals surface area (Å²) in [5, 5.41) is 6.63. The maximum Gasteiger partial charge on any atom is 0.191 e. The van der Waals surface area contributed by atoms with Crippen molar-refractivity contribution in [2.45, 2.75) is 20.4 Å². The molecule has 0 atom stereocenters. The van der Waals surface area contributed by atoms with E-state index in [1.807, 2.05) is 12.1 Å². The quantitative estimate of drug-likeness (QED) is 0.597. The Morgan fingerprint density at radius 1 is 1.32 bits per heavy atom. The Hall–Kier alpha value is -1.49. The van der Waals surface area contributed by atoms with Gasteiger partial charge in [-0.15, -0.1) is 0 Å². The van der Waals surface area contributed by atoms with E-state index in [-0.39, 0.29) is 5.41 Å². The molecule has 1 aromatic rings. The number of nitrogens with zero attached hydrogens (tertiary/aromatic N) is 2. The molecule has 2 N–H and O–H groups in total. The lowest BCUT2D eigenvalue weighted by Gasteiger charge is -2.36. The Bertz CT molecular complexity index is 396. The second kappa shape index (κ2) is 6.61. The zero-order valence-electron chi connectivity index (χ0n) is 11.9. The molecule has 2 rings (SSSR count). The Labute approximate surface area is 115 Å². The third kappa shape index (κ3) is 4.28. The molecule has 0 bridgehead atoms. The lowest BCUT2D eigenvalue weighted by molar-refractivity contribution is -0.0945. The number of aromatic nitrogens is 1. The van der Waals surface area contributed by atoms with Gasteiger partial charge in [-0.05, 0) is 19.1 Å². The van der Waals surface area contributed by atoms with Crippen molar-refractivity contribution in [2.75, 3.05) is 32.8 Å². The fourth-order valence-electron chi connectivity index (χ4n) is 1.98. The first kappa shape index (κ1) is 13.9. The molecule has 1 aliphatic heterocycles. The molecular formula is C14H24N4O. The lowest BCUT2D eigenvalue weighted by Crippen LogP contribution is -2.44. The van der Waals surface area contributed by atoms with Crippen LogP contribution in [0.4, 0.5) is 0 Å². The smallest absolute Gasteiger partial charge is 0.191 e. The molecule has 0 saturated carbocycles. The van der Waals surface area contributed by atoms with E-state index in [9.17, 15) is 0 Å². The first-order valence-corrected chi connectivity index (χ1v) is 6.92. The van der Waals surface area contributed by atoms with Gasteiger partial charge in [-0.2, -0.15) is 0 Å². The number of nitrogens with one attached hydrogen (secondary N) is 2. The van der Waals surface area contributed by atoms with Crippen molar-refractivity contribution in [1.29, 1.82) is 0 Å². The molecule has 1 saturated heterocycles. The summed E-state index contributed by atoms with van der Waals surface area (Å²) in [6.07, 6.45) is 4.14. The molecule has 1 aromatic heterocycles. The zero-order valence-corrected chi connectivity index (χ0v) is 11.9. The summed E-state index contributed by atoms with van der Waals surface area (Å²) >= 11 is 0. The molecule has 106 valence electrons. The Balaban J connectivity index is 1.76. The minimum Gasteiger partial charge on any atom is -0.380 e.